The molecule has 4 atom stereocenters. The van der Waals surface area contributed by atoms with Gasteiger partial charge >= 0.3 is 0 Å². The Morgan fingerprint density at radius 3 is 2.17 bits per heavy atom. The Kier molecular flexibility index (Phi) is 1.42. The highest BCUT2D eigenvalue weighted by molar-refractivity contribution is 6.63. The van der Waals surface area contributed by atoms with Gasteiger partial charge in [-0.15, -0.1) is 0 Å². The maximum atomic E-state index is 11.7. The van der Waals surface area contributed by atoms with Crippen LogP contribution in [0.2, 0.25) is 0 Å². The van der Waals surface area contributed by atoms with Gasteiger partial charge in [0, 0.05) is 33.8 Å². The van der Waals surface area contributed by atoms with Gasteiger partial charge in [0.25, 0.3) is 0 Å². The molecule has 2 saturated carbocycles. The average molecular weight is 291 g/mol. The van der Waals surface area contributed by atoms with E-state index in [1.807, 2.05) is 0 Å². The average Bonchev–Trinajstić information content (AvgIpc) is 2.74. The first-order valence-corrected chi connectivity index (χ1v) is 5.76. The number of carbonyl (C=O) groups excluding carboxylic acids is 1. The van der Waals surface area contributed by atoms with Gasteiger partial charge in [-0.05, 0) is 35.7 Å². The number of hydrogen-bond acceptors (Lipinski definition) is 1. The van der Waals surface area contributed by atoms with Crippen LogP contribution in [-0.4, -0.2) is 5.24 Å². The molecule has 2 heteroatoms. The molecular formula is C16H27ClO. The van der Waals surface area contributed by atoms with Crippen LogP contribution in [0.25, 0.3) is 0 Å². The lowest BCUT2D eigenvalue weighted by molar-refractivity contribution is -0.112. The Bertz CT molecular complexity index is 910. The van der Waals surface area contributed by atoms with Crippen LogP contribution >= 0.6 is 11.6 Å². The summed E-state index contributed by atoms with van der Waals surface area (Å²) in [4.78, 5) is 11.7. The van der Waals surface area contributed by atoms with Gasteiger partial charge in [-0.1, -0.05) is 63.8 Å². The summed E-state index contributed by atoms with van der Waals surface area (Å²) in [6.45, 7) is 0. The van der Waals surface area contributed by atoms with Crippen molar-refractivity contribution in [1.82, 2.24) is 0 Å². The van der Waals surface area contributed by atoms with Gasteiger partial charge in [-0.2, -0.15) is 0 Å². The third-order valence-electron chi connectivity index (χ3n) is 2.52. The molecule has 4 unspecified atom stereocenters. The second-order valence-electron chi connectivity index (χ2n) is 3.68. The normalized spacial score (nSPS) is 86.1. The summed E-state index contributed by atoms with van der Waals surface area (Å²) < 4.78 is 166. The monoisotopic (exact) mass is 290 g/mol. The molecule has 0 heterocycles. The fourth-order valence-electron chi connectivity index (χ4n) is 1.69. The number of halogens is 1. The van der Waals surface area contributed by atoms with Crippen molar-refractivity contribution in [3.05, 3.63) is 0 Å². The van der Waals surface area contributed by atoms with E-state index >= 15 is 0 Å². The standard InChI is InChI=1S/C16H27ClO/c17-16(18)12-11-15(13-7-3-1-4-8-13)14-9-5-2-6-10-14/h13-15H,1-12H2/i1D2,2D2,3D2,4D2,5D2,6D2,7D,8D2,9D,10D2,13D,14D. The van der Waals surface area contributed by atoms with Crippen LogP contribution in [0.1, 0.15) is 104 Å². The lowest BCUT2D eigenvalue weighted by Crippen LogP contribution is -2.27. The fraction of sp³-hybridized carbons (Fsp3) is 0.938. The van der Waals surface area contributed by atoms with Crippen molar-refractivity contribution >= 4 is 16.8 Å². The number of hydrogen-bond donors (Lipinski definition) is 0. The second-order valence-corrected chi connectivity index (χ2v) is 4.11. The van der Waals surface area contributed by atoms with E-state index in [4.69, 9.17) is 39.0 Å². The Morgan fingerprint density at radius 2 is 1.67 bits per heavy atom. The molecule has 0 radical (unpaired) electrons. The SMILES string of the molecule is [2H]C1C([2H])([2H])C([2H])([2H])C([2H])([2H])C([2H])([2H])C1([2H])C(CCC(=O)Cl)C1([2H])C([2H])C([2H])([2H])C([2H])([2H])C([2H])([2H])C1([2H])[2H]. The van der Waals surface area contributed by atoms with Gasteiger partial charge in [0.2, 0.25) is 5.24 Å². The van der Waals surface area contributed by atoms with E-state index in [9.17, 15) is 4.79 Å². The lowest BCUT2D eigenvalue weighted by atomic mass is 9.68. The molecule has 2 rings (SSSR count). The molecule has 0 aromatic rings. The lowest BCUT2D eigenvalue weighted by Gasteiger charge is -2.37. The van der Waals surface area contributed by atoms with Gasteiger partial charge in [-0.3, -0.25) is 4.79 Å². The minimum atomic E-state index is -4.00. The van der Waals surface area contributed by atoms with E-state index in [-0.39, 0.29) is 0 Å². The molecule has 0 saturated heterocycles. The van der Waals surface area contributed by atoms with Crippen LogP contribution in [0.4, 0.5) is 0 Å². The molecule has 0 aromatic carbocycles. The van der Waals surface area contributed by atoms with Gasteiger partial charge in [-0.25, -0.2) is 0 Å². The first kappa shape index (κ1) is 3.40. The van der Waals surface area contributed by atoms with Crippen molar-refractivity contribution < 1.29 is 32.2 Å². The summed E-state index contributed by atoms with van der Waals surface area (Å²) >= 11 is 5.36. The van der Waals surface area contributed by atoms with Gasteiger partial charge in [0.15, 0.2) is 0 Å². The summed E-state index contributed by atoms with van der Waals surface area (Å²) in [5.41, 5.74) is 0. The Labute approximate surface area is 145 Å². The van der Waals surface area contributed by atoms with Gasteiger partial charge < -0.3 is 0 Å². The molecule has 0 aromatic heterocycles. The zero-order chi connectivity index (χ0) is 30.7. The van der Waals surface area contributed by atoms with Crippen LogP contribution in [0.5, 0.6) is 0 Å². The molecule has 0 spiro atoms. The molecule has 2 aliphatic carbocycles. The maximum absolute atomic E-state index is 11.7. The first-order chi connectivity index (χ1) is 16.4. The van der Waals surface area contributed by atoms with Crippen molar-refractivity contribution in [2.24, 2.45) is 17.7 Å². The molecular weight excluding hydrogens is 244 g/mol. The molecule has 1 nitrogen and oxygen atoms in total. The van der Waals surface area contributed by atoms with Crippen LogP contribution < -0.4 is 0 Å². The topological polar surface area (TPSA) is 17.1 Å². The van der Waals surface area contributed by atoms with E-state index in [0.717, 1.165) is 0 Å². The van der Waals surface area contributed by atoms with Crippen molar-refractivity contribution in [2.45, 2.75) is 76.6 Å². The highest BCUT2D eigenvalue weighted by Crippen LogP contribution is 2.42. The summed E-state index contributed by atoms with van der Waals surface area (Å²) in [7, 11) is 0. The second kappa shape index (κ2) is 7.53. The molecule has 2 fully saturated rings. The smallest absolute Gasteiger partial charge is 0.221 e. The van der Waals surface area contributed by atoms with E-state index in [1.54, 1.807) is 0 Å². The van der Waals surface area contributed by atoms with E-state index in [1.165, 1.54) is 0 Å². The number of carbonyl (C=O) groups is 1. The zero-order valence-corrected chi connectivity index (χ0v) is 10.2. The number of rotatable bonds is 5. The highest BCUT2D eigenvalue weighted by atomic mass is 35.5. The van der Waals surface area contributed by atoms with Crippen molar-refractivity contribution in [3.8, 4) is 0 Å². The van der Waals surface area contributed by atoms with Crippen molar-refractivity contribution in [1.29, 1.82) is 0 Å². The van der Waals surface area contributed by atoms with Crippen LogP contribution in [0, 0.1) is 17.7 Å². The molecule has 18 heavy (non-hydrogen) atoms. The third-order valence-corrected chi connectivity index (χ3v) is 2.71. The quantitative estimate of drug-likeness (QED) is 0.627. The van der Waals surface area contributed by atoms with Crippen molar-refractivity contribution in [2.75, 3.05) is 0 Å². The summed E-state index contributed by atoms with van der Waals surface area (Å²) in [5, 5.41) is -1.25. The third kappa shape index (κ3) is 4.26. The largest absolute Gasteiger partial charge is 0.281 e. The predicted octanol–water partition coefficient (Wildman–Crippen LogP) is 5.31. The Morgan fingerprint density at radius 1 is 1.11 bits per heavy atom. The highest BCUT2D eigenvalue weighted by Gasteiger charge is 2.31. The van der Waals surface area contributed by atoms with Gasteiger partial charge in [0.1, 0.15) is 0 Å². The van der Waals surface area contributed by atoms with Crippen LogP contribution in [0.15, 0.2) is 0 Å². The Balaban J connectivity index is 3.11. The maximum Gasteiger partial charge on any atom is 0.221 e. The molecule has 0 amide bonds. The zero-order valence-electron chi connectivity index (χ0n) is 29.4. The molecule has 0 aliphatic heterocycles. The summed E-state index contributed by atoms with van der Waals surface area (Å²) in [6, 6.07) is 0. The Hall–Kier alpha value is -0.0400. The van der Waals surface area contributed by atoms with Crippen LogP contribution in [0.3, 0.4) is 0 Å². The van der Waals surface area contributed by atoms with Gasteiger partial charge in [0.05, 0.1) is 0 Å². The van der Waals surface area contributed by atoms with Crippen molar-refractivity contribution in [3.63, 3.8) is 0 Å². The first-order valence-electron chi connectivity index (χ1n) is 15.5. The molecule has 2 aliphatic rings. The minimum absolute atomic E-state index is 0.975. The molecule has 104 valence electrons. The summed E-state index contributed by atoms with van der Waals surface area (Å²) in [6.07, 6.45) is -39.1. The van der Waals surface area contributed by atoms with E-state index in [2.05, 4.69) is 0 Å². The predicted molar refractivity (Wildman–Crippen MR) is 76.7 cm³/mol. The van der Waals surface area contributed by atoms with E-state index in [0.29, 0.717) is 0 Å². The summed E-state index contributed by atoms with van der Waals surface area (Å²) in [5.74, 6) is -10.3. The van der Waals surface area contributed by atoms with Crippen LogP contribution in [-0.2, 0) is 4.79 Å². The molecule has 0 bridgehead atoms. The minimum Gasteiger partial charge on any atom is -0.281 e. The molecule has 0 N–H and O–H groups in total. The fourth-order valence-corrected chi connectivity index (χ4v) is 1.80. The van der Waals surface area contributed by atoms with E-state index < -0.39 is 99.6 Å².